The van der Waals surface area contributed by atoms with Crippen LogP contribution < -0.4 is 16.0 Å². The number of hydrogen-bond acceptors (Lipinski definition) is 3. The molecule has 8 heteroatoms. The number of carbonyl (C=O) groups excluding carboxylic acids is 3. The lowest BCUT2D eigenvalue weighted by Gasteiger charge is -2.10. The highest BCUT2D eigenvalue weighted by Gasteiger charge is 2.27. The Balaban J connectivity index is 1.73. The molecular weight excluding hydrogens is 296 g/mol. The Bertz CT molecular complexity index is 607. The van der Waals surface area contributed by atoms with E-state index in [4.69, 9.17) is 0 Å². The summed E-state index contributed by atoms with van der Waals surface area (Å²) in [6.45, 7) is 0.547. The van der Waals surface area contributed by atoms with E-state index in [-0.39, 0.29) is 36.9 Å². The minimum atomic E-state index is -0.947. The number of benzene rings is 1. The number of amides is 3. The van der Waals surface area contributed by atoms with E-state index in [9.17, 15) is 23.2 Å². The summed E-state index contributed by atoms with van der Waals surface area (Å²) in [5, 5.41) is 7.54. The molecule has 0 saturated carbocycles. The Labute approximate surface area is 125 Å². The molecular formula is C14H15F2N3O3. The average molecular weight is 311 g/mol. The van der Waals surface area contributed by atoms with Crippen molar-refractivity contribution >= 4 is 17.7 Å². The van der Waals surface area contributed by atoms with E-state index in [1.54, 1.807) is 0 Å². The second kappa shape index (κ2) is 6.97. The average Bonchev–Trinajstić information content (AvgIpc) is 2.90. The van der Waals surface area contributed by atoms with Gasteiger partial charge in [0.2, 0.25) is 11.8 Å². The molecule has 22 heavy (non-hydrogen) atoms. The van der Waals surface area contributed by atoms with Gasteiger partial charge in [0.1, 0.15) is 11.6 Å². The Morgan fingerprint density at radius 1 is 1.23 bits per heavy atom. The van der Waals surface area contributed by atoms with Gasteiger partial charge in [-0.1, -0.05) is 0 Å². The summed E-state index contributed by atoms with van der Waals surface area (Å²) in [4.78, 5) is 34.3. The summed E-state index contributed by atoms with van der Waals surface area (Å²) in [5.41, 5.74) is -0.265. The van der Waals surface area contributed by atoms with Gasteiger partial charge < -0.3 is 16.0 Å². The lowest BCUT2D eigenvalue weighted by Crippen LogP contribution is -2.38. The van der Waals surface area contributed by atoms with Crippen molar-refractivity contribution in [3.8, 4) is 0 Å². The van der Waals surface area contributed by atoms with Gasteiger partial charge in [-0.15, -0.1) is 0 Å². The minimum absolute atomic E-state index is 0.0927. The first-order valence-corrected chi connectivity index (χ1v) is 6.75. The van der Waals surface area contributed by atoms with Gasteiger partial charge in [0, 0.05) is 32.1 Å². The smallest absolute Gasteiger partial charge is 0.254 e. The molecule has 0 aromatic heterocycles. The number of hydrogen-bond donors (Lipinski definition) is 3. The van der Waals surface area contributed by atoms with Crippen molar-refractivity contribution in [2.24, 2.45) is 5.92 Å². The van der Waals surface area contributed by atoms with Crippen LogP contribution in [-0.2, 0) is 9.59 Å². The fourth-order valence-corrected chi connectivity index (χ4v) is 2.07. The third-order valence-electron chi connectivity index (χ3n) is 3.23. The van der Waals surface area contributed by atoms with Gasteiger partial charge in [0.15, 0.2) is 0 Å². The SMILES string of the molecule is O=C1CC(C(=O)NCCNC(=O)c2ccc(F)cc2F)CN1. The van der Waals surface area contributed by atoms with Crippen LogP contribution in [-0.4, -0.2) is 37.4 Å². The van der Waals surface area contributed by atoms with Gasteiger partial charge in [0.05, 0.1) is 11.5 Å². The molecule has 0 aliphatic carbocycles. The van der Waals surface area contributed by atoms with E-state index in [2.05, 4.69) is 16.0 Å². The Kier molecular flexibility index (Phi) is 5.03. The zero-order chi connectivity index (χ0) is 16.1. The molecule has 0 spiro atoms. The largest absolute Gasteiger partial charge is 0.355 e. The molecule has 3 amide bonds. The van der Waals surface area contributed by atoms with E-state index >= 15 is 0 Å². The van der Waals surface area contributed by atoms with Crippen LogP contribution in [0.2, 0.25) is 0 Å². The molecule has 1 atom stereocenters. The maximum Gasteiger partial charge on any atom is 0.254 e. The summed E-state index contributed by atoms with van der Waals surface area (Å²) >= 11 is 0. The zero-order valence-electron chi connectivity index (χ0n) is 11.6. The van der Waals surface area contributed by atoms with Gasteiger partial charge in [-0.25, -0.2) is 8.78 Å². The molecule has 2 rings (SSSR count). The maximum atomic E-state index is 13.4. The van der Waals surface area contributed by atoms with Crippen LogP contribution in [0.1, 0.15) is 16.8 Å². The number of carbonyl (C=O) groups is 3. The van der Waals surface area contributed by atoms with E-state index in [0.29, 0.717) is 12.6 Å². The van der Waals surface area contributed by atoms with Crippen molar-refractivity contribution in [3.05, 3.63) is 35.4 Å². The number of rotatable bonds is 5. The summed E-state index contributed by atoms with van der Waals surface area (Å²) < 4.78 is 26.1. The second-order valence-electron chi connectivity index (χ2n) is 4.88. The predicted molar refractivity (Wildman–Crippen MR) is 72.8 cm³/mol. The normalized spacial score (nSPS) is 17.0. The van der Waals surface area contributed by atoms with Crippen molar-refractivity contribution in [2.75, 3.05) is 19.6 Å². The van der Waals surface area contributed by atoms with Crippen molar-refractivity contribution < 1.29 is 23.2 Å². The predicted octanol–water partition coefficient (Wildman–Crippen LogP) is -0.0531. The first-order chi connectivity index (χ1) is 10.5. The maximum absolute atomic E-state index is 13.4. The van der Waals surface area contributed by atoms with Gasteiger partial charge in [-0.05, 0) is 12.1 Å². The molecule has 1 aliphatic rings. The van der Waals surface area contributed by atoms with Crippen LogP contribution >= 0.6 is 0 Å². The van der Waals surface area contributed by atoms with Crippen LogP contribution in [0.3, 0.4) is 0 Å². The molecule has 1 saturated heterocycles. The van der Waals surface area contributed by atoms with Crippen molar-refractivity contribution in [2.45, 2.75) is 6.42 Å². The van der Waals surface area contributed by atoms with E-state index < -0.39 is 23.5 Å². The Morgan fingerprint density at radius 2 is 1.95 bits per heavy atom. The minimum Gasteiger partial charge on any atom is -0.355 e. The molecule has 0 bridgehead atoms. The molecule has 1 unspecified atom stereocenters. The number of nitrogens with one attached hydrogen (secondary N) is 3. The lowest BCUT2D eigenvalue weighted by atomic mass is 10.1. The first-order valence-electron chi connectivity index (χ1n) is 6.75. The summed E-state index contributed by atoms with van der Waals surface area (Å²) in [5.74, 6) is -3.25. The summed E-state index contributed by atoms with van der Waals surface area (Å²) in [6, 6.07) is 2.67. The van der Waals surface area contributed by atoms with Gasteiger partial charge >= 0.3 is 0 Å². The van der Waals surface area contributed by atoms with Crippen LogP contribution in [0, 0.1) is 17.6 Å². The quantitative estimate of drug-likeness (QED) is 0.666. The third-order valence-corrected chi connectivity index (χ3v) is 3.23. The second-order valence-corrected chi connectivity index (χ2v) is 4.88. The van der Waals surface area contributed by atoms with Gasteiger partial charge in [-0.3, -0.25) is 14.4 Å². The number of halogens is 2. The zero-order valence-corrected chi connectivity index (χ0v) is 11.6. The van der Waals surface area contributed by atoms with Crippen molar-refractivity contribution in [3.63, 3.8) is 0 Å². The fourth-order valence-electron chi connectivity index (χ4n) is 2.07. The van der Waals surface area contributed by atoms with Crippen molar-refractivity contribution in [1.82, 2.24) is 16.0 Å². The van der Waals surface area contributed by atoms with Gasteiger partial charge in [0.25, 0.3) is 5.91 Å². The summed E-state index contributed by atoms with van der Waals surface area (Å²) in [6.07, 6.45) is 0.152. The lowest BCUT2D eigenvalue weighted by molar-refractivity contribution is -0.126. The molecule has 1 fully saturated rings. The fraction of sp³-hybridized carbons (Fsp3) is 0.357. The monoisotopic (exact) mass is 311 g/mol. The van der Waals surface area contributed by atoms with Gasteiger partial charge in [-0.2, -0.15) is 0 Å². The Hall–Kier alpha value is -2.51. The molecule has 118 valence electrons. The van der Waals surface area contributed by atoms with Crippen LogP contribution in [0.5, 0.6) is 0 Å². The highest BCUT2D eigenvalue weighted by Crippen LogP contribution is 2.09. The topological polar surface area (TPSA) is 87.3 Å². The van der Waals surface area contributed by atoms with Crippen LogP contribution in [0.4, 0.5) is 8.78 Å². The standard InChI is InChI=1S/C14H15F2N3O3/c15-9-1-2-10(11(16)6-9)14(22)18-4-3-17-13(21)8-5-12(20)19-7-8/h1-2,6,8H,3-5,7H2,(H,17,21)(H,18,22)(H,19,20). The summed E-state index contributed by atoms with van der Waals surface area (Å²) in [7, 11) is 0. The van der Waals surface area contributed by atoms with E-state index in [1.807, 2.05) is 0 Å². The van der Waals surface area contributed by atoms with Crippen LogP contribution in [0.25, 0.3) is 0 Å². The molecule has 1 aromatic rings. The highest BCUT2D eigenvalue weighted by atomic mass is 19.1. The molecule has 3 N–H and O–H groups in total. The first kappa shape index (κ1) is 15.9. The van der Waals surface area contributed by atoms with E-state index in [1.165, 1.54) is 0 Å². The third kappa shape index (κ3) is 4.00. The molecule has 1 aliphatic heterocycles. The molecule has 0 radical (unpaired) electrons. The molecule has 1 aromatic carbocycles. The van der Waals surface area contributed by atoms with Crippen LogP contribution in [0.15, 0.2) is 18.2 Å². The molecule has 1 heterocycles. The Morgan fingerprint density at radius 3 is 2.59 bits per heavy atom. The highest BCUT2D eigenvalue weighted by molar-refractivity contribution is 5.94. The molecule has 6 nitrogen and oxygen atoms in total. The van der Waals surface area contributed by atoms with Crippen molar-refractivity contribution in [1.29, 1.82) is 0 Å². The van der Waals surface area contributed by atoms with E-state index in [0.717, 1.165) is 12.1 Å².